The Balaban J connectivity index is 2.95. The van der Waals surface area contributed by atoms with Gasteiger partial charge >= 0.3 is 0 Å². The van der Waals surface area contributed by atoms with Crippen molar-refractivity contribution in [2.75, 3.05) is 0 Å². The largest absolute Gasteiger partial charge is 0.299 e. The molecule has 1 aromatic heterocycles. The van der Waals surface area contributed by atoms with Crippen LogP contribution in [0.3, 0.4) is 0 Å². The molecule has 0 bridgehead atoms. The van der Waals surface area contributed by atoms with E-state index in [1.165, 1.54) is 12.3 Å². The summed E-state index contributed by atoms with van der Waals surface area (Å²) < 4.78 is 0. The maximum absolute atomic E-state index is 9.94. The Kier molecular flexibility index (Phi) is 2.68. The van der Waals surface area contributed by atoms with E-state index in [4.69, 9.17) is 5.26 Å². The van der Waals surface area contributed by atoms with Crippen molar-refractivity contribution in [3.63, 3.8) is 0 Å². The van der Waals surface area contributed by atoms with Crippen LogP contribution in [0.4, 0.5) is 0 Å². The van der Waals surface area contributed by atoms with Crippen LogP contribution in [0.15, 0.2) is 18.3 Å². The van der Waals surface area contributed by atoms with Crippen molar-refractivity contribution in [1.29, 1.82) is 5.26 Å². The van der Waals surface area contributed by atoms with Crippen LogP contribution >= 0.6 is 0 Å². The van der Waals surface area contributed by atoms with E-state index in [0.717, 1.165) is 0 Å². The molecule has 0 spiro atoms. The van der Waals surface area contributed by atoms with Gasteiger partial charge in [0, 0.05) is 0 Å². The molecule has 0 aliphatic carbocycles. The zero-order valence-electron chi connectivity index (χ0n) is 6.14. The van der Waals surface area contributed by atoms with E-state index in [1.54, 1.807) is 12.1 Å². The third-order valence-electron chi connectivity index (χ3n) is 1.16. The molecule has 1 heterocycles. The van der Waals surface area contributed by atoms with Crippen LogP contribution in [-0.4, -0.2) is 16.5 Å². The quantitative estimate of drug-likeness (QED) is 0.467. The highest BCUT2D eigenvalue weighted by atomic mass is 16.1. The van der Waals surface area contributed by atoms with Gasteiger partial charge in [0.25, 0.3) is 0 Å². The average Bonchev–Trinajstić information content (AvgIpc) is 2.15. The highest BCUT2D eigenvalue weighted by Gasteiger charge is 1.92. The van der Waals surface area contributed by atoms with Crippen molar-refractivity contribution in [1.82, 2.24) is 10.2 Å². The van der Waals surface area contributed by atoms with Crippen LogP contribution in [-0.2, 0) is 4.79 Å². The number of carbonyl (C=O) groups is 1. The number of aldehydes is 1. The maximum Gasteiger partial charge on any atom is 0.163 e. The fourth-order valence-electron chi connectivity index (χ4n) is 0.678. The van der Waals surface area contributed by atoms with Gasteiger partial charge in [0.2, 0.25) is 0 Å². The van der Waals surface area contributed by atoms with Crippen molar-refractivity contribution < 1.29 is 4.79 Å². The van der Waals surface area contributed by atoms with Gasteiger partial charge in [-0.05, 0) is 17.7 Å². The van der Waals surface area contributed by atoms with Gasteiger partial charge < -0.3 is 0 Å². The molecule has 0 saturated heterocycles. The standard InChI is InChI=1S/C8H5N3O/c9-5-8-4-7(2-1-3-12)6-10-11-8/h1-4,6H/b2-1+. The van der Waals surface area contributed by atoms with E-state index < -0.39 is 0 Å². The zero-order valence-corrected chi connectivity index (χ0v) is 6.14. The first-order chi connectivity index (χ1) is 5.86. The minimum Gasteiger partial charge on any atom is -0.299 e. The molecule has 0 radical (unpaired) electrons. The lowest BCUT2D eigenvalue weighted by molar-refractivity contribution is -0.104. The van der Waals surface area contributed by atoms with E-state index in [9.17, 15) is 4.79 Å². The summed E-state index contributed by atoms with van der Waals surface area (Å²) in [5.41, 5.74) is 0.927. The fourth-order valence-corrected chi connectivity index (χ4v) is 0.678. The summed E-state index contributed by atoms with van der Waals surface area (Å²) in [6.07, 6.45) is 5.02. The molecule has 0 atom stereocenters. The first-order valence-corrected chi connectivity index (χ1v) is 3.21. The van der Waals surface area contributed by atoms with Crippen LogP contribution in [0.2, 0.25) is 0 Å². The minimum atomic E-state index is 0.239. The van der Waals surface area contributed by atoms with Crippen LogP contribution < -0.4 is 0 Å². The summed E-state index contributed by atoms with van der Waals surface area (Å²) in [5.74, 6) is 0. The molecule has 0 N–H and O–H groups in total. The molecular weight excluding hydrogens is 154 g/mol. The van der Waals surface area contributed by atoms with Gasteiger partial charge in [0.05, 0.1) is 6.20 Å². The molecule has 0 aliphatic rings. The Hall–Kier alpha value is -2.02. The smallest absolute Gasteiger partial charge is 0.163 e. The van der Waals surface area contributed by atoms with E-state index in [0.29, 0.717) is 11.8 Å². The van der Waals surface area contributed by atoms with Crippen LogP contribution in [0.1, 0.15) is 11.3 Å². The number of nitriles is 1. The zero-order chi connectivity index (χ0) is 8.81. The molecule has 0 fully saturated rings. The van der Waals surface area contributed by atoms with E-state index in [-0.39, 0.29) is 5.69 Å². The Labute approximate surface area is 69.2 Å². The van der Waals surface area contributed by atoms with Gasteiger partial charge in [-0.3, -0.25) is 4.79 Å². The number of aromatic nitrogens is 2. The Morgan fingerprint density at radius 1 is 1.58 bits per heavy atom. The number of nitrogens with zero attached hydrogens (tertiary/aromatic N) is 3. The molecule has 0 saturated carbocycles. The molecule has 0 aliphatic heterocycles. The van der Waals surface area contributed by atoms with Crippen molar-refractivity contribution in [2.24, 2.45) is 0 Å². The highest BCUT2D eigenvalue weighted by molar-refractivity contribution is 5.73. The molecule has 1 rings (SSSR count). The van der Waals surface area contributed by atoms with Crippen molar-refractivity contribution in [2.45, 2.75) is 0 Å². The minimum absolute atomic E-state index is 0.239. The van der Waals surface area contributed by atoms with Gasteiger partial charge in [-0.25, -0.2) is 0 Å². The fraction of sp³-hybridized carbons (Fsp3) is 0. The third kappa shape index (κ3) is 1.99. The molecule has 12 heavy (non-hydrogen) atoms. The third-order valence-corrected chi connectivity index (χ3v) is 1.16. The summed E-state index contributed by atoms with van der Waals surface area (Å²) in [5, 5.41) is 15.5. The van der Waals surface area contributed by atoms with Gasteiger partial charge in [0.1, 0.15) is 12.4 Å². The number of carbonyl (C=O) groups excluding carboxylic acids is 1. The number of rotatable bonds is 2. The normalized spacial score (nSPS) is 9.58. The summed E-state index contributed by atoms with van der Waals surface area (Å²) in [7, 11) is 0. The predicted octanol–water partition coefficient (Wildman–Crippen LogP) is 0.560. The first-order valence-electron chi connectivity index (χ1n) is 3.21. The maximum atomic E-state index is 9.94. The lowest BCUT2D eigenvalue weighted by Crippen LogP contribution is -1.87. The molecule has 4 heteroatoms. The predicted molar refractivity (Wildman–Crippen MR) is 41.8 cm³/mol. The van der Waals surface area contributed by atoms with Crippen molar-refractivity contribution in [3.05, 3.63) is 29.6 Å². The Morgan fingerprint density at radius 3 is 3.08 bits per heavy atom. The second-order valence-electron chi connectivity index (χ2n) is 1.98. The second-order valence-corrected chi connectivity index (χ2v) is 1.98. The van der Waals surface area contributed by atoms with Crippen LogP contribution in [0, 0.1) is 11.3 Å². The summed E-state index contributed by atoms with van der Waals surface area (Å²) in [4.78, 5) is 9.94. The summed E-state index contributed by atoms with van der Waals surface area (Å²) >= 11 is 0. The molecule has 0 aromatic carbocycles. The van der Waals surface area contributed by atoms with Gasteiger partial charge in [-0.1, -0.05) is 6.08 Å². The number of allylic oxidation sites excluding steroid dienone is 1. The summed E-state index contributed by atoms with van der Waals surface area (Å²) in [6.45, 7) is 0. The van der Waals surface area contributed by atoms with Crippen molar-refractivity contribution >= 4 is 12.4 Å². The molecule has 58 valence electrons. The molecular formula is C8H5N3O. The topological polar surface area (TPSA) is 66.6 Å². The van der Waals surface area contributed by atoms with Crippen molar-refractivity contribution in [3.8, 4) is 6.07 Å². The van der Waals surface area contributed by atoms with Gasteiger partial charge in [-0.15, -0.1) is 5.10 Å². The van der Waals surface area contributed by atoms with E-state index >= 15 is 0 Å². The van der Waals surface area contributed by atoms with Gasteiger partial charge in [-0.2, -0.15) is 10.4 Å². The number of hydrogen-bond donors (Lipinski definition) is 0. The first kappa shape index (κ1) is 8.08. The van der Waals surface area contributed by atoms with Crippen LogP contribution in [0.25, 0.3) is 6.08 Å². The lowest BCUT2D eigenvalue weighted by Gasteiger charge is -1.89. The lowest BCUT2D eigenvalue weighted by atomic mass is 10.2. The molecule has 0 amide bonds. The van der Waals surface area contributed by atoms with Gasteiger partial charge in [0.15, 0.2) is 5.69 Å². The summed E-state index contributed by atoms with van der Waals surface area (Å²) in [6, 6.07) is 3.40. The molecule has 4 nitrogen and oxygen atoms in total. The van der Waals surface area contributed by atoms with Crippen LogP contribution in [0.5, 0.6) is 0 Å². The Bertz CT molecular complexity index is 352. The van der Waals surface area contributed by atoms with E-state index in [2.05, 4.69) is 10.2 Å². The highest BCUT2D eigenvalue weighted by Crippen LogP contribution is 1.99. The Morgan fingerprint density at radius 2 is 2.42 bits per heavy atom. The number of hydrogen-bond acceptors (Lipinski definition) is 4. The second kappa shape index (κ2) is 3.98. The monoisotopic (exact) mass is 159 g/mol. The van der Waals surface area contributed by atoms with E-state index in [1.807, 2.05) is 6.07 Å². The SMILES string of the molecule is N#Cc1cc(/C=C/C=O)cnn1. The molecule has 0 unspecified atom stereocenters. The average molecular weight is 159 g/mol. The molecule has 1 aromatic rings.